The summed E-state index contributed by atoms with van der Waals surface area (Å²) in [7, 11) is 1.65. The largest absolute Gasteiger partial charge is 0.497 e. The Morgan fingerprint density at radius 1 is 1.35 bits per heavy atom. The van der Waals surface area contributed by atoms with Gasteiger partial charge in [-0.25, -0.2) is 0 Å². The third kappa shape index (κ3) is 3.49. The molecule has 5 nitrogen and oxygen atoms in total. The van der Waals surface area contributed by atoms with Crippen LogP contribution in [0.3, 0.4) is 0 Å². The molecule has 0 aliphatic carbocycles. The van der Waals surface area contributed by atoms with Gasteiger partial charge in [0.15, 0.2) is 0 Å². The summed E-state index contributed by atoms with van der Waals surface area (Å²) in [6.45, 7) is 2.51. The summed E-state index contributed by atoms with van der Waals surface area (Å²) < 4.78 is 10.4. The summed E-state index contributed by atoms with van der Waals surface area (Å²) in [5.74, 6) is 0.606. The van der Waals surface area contributed by atoms with E-state index in [1.54, 1.807) is 7.11 Å². The highest BCUT2D eigenvalue weighted by Crippen LogP contribution is 2.29. The number of amides is 1. The first-order chi connectivity index (χ1) is 9.66. The van der Waals surface area contributed by atoms with Crippen molar-refractivity contribution in [3.8, 4) is 5.75 Å². The summed E-state index contributed by atoms with van der Waals surface area (Å²) in [4.78, 5) is 11.7. The summed E-state index contributed by atoms with van der Waals surface area (Å²) in [6.07, 6.45) is 1.38. The van der Waals surface area contributed by atoms with Crippen molar-refractivity contribution in [2.75, 3.05) is 26.9 Å². The predicted molar refractivity (Wildman–Crippen MR) is 76.4 cm³/mol. The van der Waals surface area contributed by atoms with Gasteiger partial charge in [0.2, 0.25) is 5.91 Å². The Hall–Kier alpha value is -1.59. The molecule has 3 N–H and O–H groups in total. The first-order valence-electron chi connectivity index (χ1n) is 6.88. The molecule has 2 rings (SSSR count). The lowest BCUT2D eigenvalue weighted by atomic mass is 9.79. The number of ether oxygens (including phenoxy) is 2. The fourth-order valence-electron chi connectivity index (χ4n) is 2.46. The van der Waals surface area contributed by atoms with E-state index in [-0.39, 0.29) is 5.91 Å². The smallest absolute Gasteiger partial charge is 0.225 e. The second kappa shape index (κ2) is 6.72. The molecule has 1 fully saturated rings. The maximum Gasteiger partial charge on any atom is 0.225 e. The first-order valence-corrected chi connectivity index (χ1v) is 6.88. The normalized spacial score (nSPS) is 17.6. The average molecular weight is 278 g/mol. The van der Waals surface area contributed by atoms with E-state index in [1.807, 2.05) is 24.3 Å². The Bertz CT molecular complexity index is 439. The van der Waals surface area contributed by atoms with Crippen molar-refractivity contribution in [3.63, 3.8) is 0 Å². The van der Waals surface area contributed by atoms with Crippen molar-refractivity contribution in [1.29, 1.82) is 0 Å². The van der Waals surface area contributed by atoms with E-state index in [0.29, 0.717) is 39.1 Å². The number of nitrogens with two attached hydrogens (primary N) is 1. The van der Waals surface area contributed by atoms with Crippen LogP contribution in [0.2, 0.25) is 0 Å². The molecule has 0 radical (unpaired) electrons. The number of nitrogens with one attached hydrogen (secondary N) is 1. The van der Waals surface area contributed by atoms with E-state index >= 15 is 0 Å². The van der Waals surface area contributed by atoms with Crippen molar-refractivity contribution in [3.05, 3.63) is 29.8 Å². The second-order valence-corrected chi connectivity index (χ2v) is 5.21. The van der Waals surface area contributed by atoms with Crippen molar-refractivity contribution < 1.29 is 14.3 Å². The minimum Gasteiger partial charge on any atom is -0.497 e. The van der Waals surface area contributed by atoms with Gasteiger partial charge < -0.3 is 20.5 Å². The maximum absolute atomic E-state index is 11.7. The molecule has 110 valence electrons. The first kappa shape index (κ1) is 14.8. The lowest BCUT2D eigenvalue weighted by Gasteiger charge is -2.34. The molecule has 1 heterocycles. The van der Waals surface area contributed by atoms with Crippen molar-refractivity contribution in [2.24, 2.45) is 11.1 Å². The number of rotatable bonds is 6. The molecule has 0 unspecified atom stereocenters. The van der Waals surface area contributed by atoms with Gasteiger partial charge in [0, 0.05) is 26.3 Å². The molecule has 0 saturated carbocycles. The Morgan fingerprint density at radius 2 is 2.00 bits per heavy atom. The van der Waals surface area contributed by atoms with E-state index in [2.05, 4.69) is 5.32 Å². The molecule has 1 aliphatic heterocycles. The van der Waals surface area contributed by atoms with Crippen molar-refractivity contribution in [1.82, 2.24) is 5.32 Å². The molecule has 20 heavy (non-hydrogen) atoms. The molecule has 0 bridgehead atoms. The summed E-state index contributed by atoms with van der Waals surface area (Å²) in [6, 6.07) is 7.87. The zero-order chi connectivity index (χ0) is 14.4. The molecule has 0 aromatic heterocycles. The van der Waals surface area contributed by atoms with Crippen LogP contribution in [-0.4, -0.2) is 32.8 Å². The molecule has 1 saturated heterocycles. The third-order valence-corrected chi connectivity index (χ3v) is 3.92. The Morgan fingerprint density at radius 3 is 2.55 bits per heavy atom. The number of methoxy groups -OCH3 is 1. The monoisotopic (exact) mass is 278 g/mol. The summed E-state index contributed by atoms with van der Waals surface area (Å²) in [5, 5.41) is 3.33. The van der Waals surface area contributed by atoms with Gasteiger partial charge in [0.25, 0.3) is 0 Å². The van der Waals surface area contributed by atoms with Crippen LogP contribution >= 0.6 is 0 Å². The zero-order valence-corrected chi connectivity index (χ0v) is 11.9. The second-order valence-electron chi connectivity index (χ2n) is 5.21. The Kier molecular flexibility index (Phi) is 4.98. The van der Waals surface area contributed by atoms with Crippen LogP contribution < -0.4 is 15.8 Å². The van der Waals surface area contributed by atoms with Crippen LogP contribution in [0.25, 0.3) is 0 Å². The fourth-order valence-corrected chi connectivity index (χ4v) is 2.46. The minimum absolute atomic E-state index is 0.233. The van der Waals surface area contributed by atoms with Gasteiger partial charge in [-0.05, 0) is 30.5 Å². The molecule has 5 heteroatoms. The van der Waals surface area contributed by atoms with Crippen LogP contribution in [0.1, 0.15) is 18.4 Å². The number of primary amides is 1. The molecule has 0 atom stereocenters. The molecule has 1 amide bonds. The molecule has 1 aromatic carbocycles. The quantitative estimate of drug-likeness (QED) is 0.816. The molecule has 0 spiro atoms. The van der Waals surface area contributed by atoms with Crippen molar-refractivity contribution >= 4 is 5.91 Å². The van der Waals surface area contributed by atoms with Crippen molar-refractivity contribution in [2.45, 2.75) is 19.4 Å². The standard InChI is InChI=1S/C15H22N2O3/c1-19-13-4-2-12(3-5-13)10-17-11-15(14(16)18)6-8-20-9-7-15/h2-5,17H,6-11H2,1H3,(H2,16,18). The van der Waals surface area contributed by atoms with E-state index in [4.69, 9.17) is 15.2 Å². The number of carbonyl (C=O) groups excluding carboxylic acids is 1. The highest BCUT2D eigenvalue weighted by atomic mass is 16.5. The van der Waals surface area contributed by atoms with Gasteiger partial charge in [-0.1, -0.05) is 12.1 Å². The third-order valence-electron chi connectivity index (χ3n) is 3.92. The van der Waals surface area contributed by atoms with Crippen LogP contribution in [0.4, 0.5) is 0 Å². The van der Waals surface area contributed by atoms with E-state index in [1.165, 1.54) is 0 Å². The summed E-state index contributed by atoms with van der Waals surface area (Å²) >= 11 is 0. The number of carbonyl (C=O) groups is 1. The lowest BCUT2D eigenvalue weighted by Crippen LogP contribution is -2.48. The molecular formula is C15H22N2O3. The zero-order valence-electron chi connectivity index (χ0n) is 11.9. The van der Waals surface area contributed by atoms with Gasteiger partial charge in [0.05, 0.1) is 12.5 Å². The van der Waals surface area contributed by atoms with Gasteiger partial charge in [-0.15, -0.1) is 0 Å². The summed E-state index contributed by atoms with van der Waals surface area (Å²) in [5.41, 5.74) is 6.25. The van der Waals surface area contributed by atoms with Gasteiger partial charge >= 0.3 is 0 Å². The molecular weight excluding hydrogens is 256 g/mol. The Labute approximate surface area is 119 Å². The predicted octanol–water partition coefficient (Wildman–Crippen LogP) is 1.07. The van der Waals surface area contributed by atoms with Crippen LogP contribution in [0.15, 0.2) is 24.3 Å². The number of hydrogen-bond donors (Lipinski definition) is 2. The van der Waals surface area contributed by atoms with Gasteiger partial charge in [-0.3, -0.25) is 4.79 Å². The van der Waals surface area contributed by atoms with Crippen LogP contribution in [0.5, 0.6) is 5.75 Å². The highest BCUT2D eigenvalue weighted by Gasteiger charge is 2.37. The SMILES string of the molecule is COc1ccc(CNCC2(C(N)=O)CCOCC2)cc1. The number of hydrogen-bond acceptors (Lipinski definition) is 4. The maximum atomic E-state index is 11.7. The lowest BCUT2D eigenvalue weighted by molar-refractivity contribution is -0.132. The molecule has 1 aromatic rings. The van der Waals surface area contributed by atoms with Gasteiger partial charge in [0.1, 0.15) is 5.75 Å². The Balaban J connectivity index is 1.88. The van der Waals surface area contributed by atoms with E-state index in [0.717, 1.165) is 11.3 Å². The fraction of sp³-hybridized carbons (Fsp3) is 0.533. The highest BCUT2D eigenvalue weighted by molar-refractivity contribution is 5.81. The topological polar surface area (TPSA) is 73.6 Å². The van der Waals surface area contributed by atoms with Crippen LogP contribution in [0, 0.1) is 5.41 Å². The average Bonchev–Trinajstić information content (AvgIpc) is 2.49. The minimum atomic E-state index is -0.468. The van der Waals surface area contributed by atoms with E-state index < -0.39 is 5.41 Å². The molecule has 1 aliphatic rings. The van der Waals surface area contributed by atoms with Crippen LogP contribution in [-0.2, 0) is 16.1 Å². The number of benzene rings is 1. The van der Waals surface area contributed by atoms with E-state index in [9.17, 15) is 4.79 Å². The van der Waals surface area contributed by atoms with Gasteiger partial charge in [-0.2, -0.15) is 0 Å².